The SMILES string of the molecule is C[Si](C)(C)/C(=C\CCc1ccccc1)CCc1ccccc1. The van der Waals surface area contributed by atoms with Gasteiger partial charge in [0.05, 0.1) is 8.07 Å². The van der Waals surface area contributed by atoms with Crippen molar-refractivity contribution >= 4 is 8.07 Å². The zero-order chi connectivity index (χ0) is 15.8. The van der Waals surface area contributed by atoms with Gasteiger partial charge in [-0.25, -0.2) is 0 Å². The molecule has 0 aromatic heterocycles. The van der Waals surface area contributed by atoms with Gasteiger partial charge in [-0.05, 0) is 36.8 Å². The molecular weight excluding hydrogens is 280 g/mol. The molecule has 0 radical (unpaired) electrons. The molecule has 2 rings (SSSR count). The highest BCUT2D eigenvalue weighted by Crippen LogP contribution is 2.21. The maximum atomic E-state index is 2.53. The molecule has 0 fully saturated rings. The summed E-state index contributed by atoms with van der Waals surface area (Å²) in [4.78, 5) is 0. The lowest BCUT2D eigenvalue weighted by Crippen LogP contribution is -2.24. The van der Waals surface area contributed by atoms with E-state index >= 15 is 0 Å². The van der Waals surface area contributed by atoms with Gasteiger partial charge in [-0.2, -0.15) is 0 Å². The van der Waals surface area contributed by atoms with E-state index in [-0.39, 0.29) is 0 Å². The standard InChI is InChI=1S/C21H28Si/c1-22(2,3)21(18-17-20-13-8-5-9-14-20)16-10-15-19-11-6-4-7-12-19/h4-9,11-14,16H,10,15,17-18H2,1-3H3/b21-16-. The minimum absolute atomic E-state index is 1.15. The number of rotatable bonds is 7. The van der Waals surface area contributed by atoms with E-state index in [9.17, 15) is 0 Å². The minimum atomic E-state index is -1.22. The Balaban J connectivity index is 1.95. The van der Waals surface area contributed by atoms with E-state index in [1.807, 2.05) is 0 Å². The predicted molar refractivity (Wildman–Crippen MR) is 101 cm³/mol. The highest BCUT2D eigenvalue weighted by molar-refractivity contribution is 6.83. The number of hydrogen-bond acceptors (Lipinski definition) is 0. The van der Waals surface area contributed by atoms with Gasteiger partial charge in [0.25, 0.3) is 0 Å². The van der Waals surface area contributed by atoms with Crippen LogP contribution in [0, 0.1) is 0 Å². The second-order valence-electron chi connectivity index (χ2n) is 6.99. The molecular formula is C21H28Si. The molecule has 116 valence electrons. The maximum absolute atomic E-state index is 2.53. The van der Waals surface area contributed by atoms with Crippen molar-refractivity contribution < 1.29 is 0 Å². The van der Waals surface area contributed by atoms with E-state index in [0.29, 0.717) is 0 Å². The van der Waals surface area contributed by atoms with Crippen LogP contribution in [-0.2, 0) is 12.8 Å². The number of hydrogen-bond donors (Lipinski definition) is 0. The van der Waals surface area contributed by atoms with E-state index in [2.05, 4.69) is 86.4 Å². The van der Waals surface area contributed by atoms with Gasteiger partial charge in [-0.3, -0.25) is 0 Å². The smallest absolute Gasteiger partial charge is 0.0720 e. The molecule has 0 aliphatic rings. The maximum Gasteiger partial charge on any atom is 0.0720 e. The van der Waals surface area contributed by atoms with Crippen LogP contribution in [0.4, 0.5) is 0 Å². The molecule has 0 bridgehead atoms. The van der Waals surface area contributed by atoms with E-state index in [0.717, 1.165) is 6.42 Å². The molecule has 0 aliphatic heterocycles. The van der Waals surface area contributed by atoms with Crippen LogP contribution in [0.1, 0.15) is 24.0 Å². The summed E-state index contributed by atoms with van der Waals surface area (Å²) in [6.07, 6.45) is 7.23. The Morgan fingerprint density at radius 3 is 1.77 bits per heavy atom. The van der Waals surface area contributed by atoms with E-state index in [1.165, 1.54) is 30.4 Å². The highest BCUT2D eigenvalue weighted by Gasteiger charge is 2.18. The van der Waals surface area contributed by atoms with Crippen molar-refractivity contribution in [2.75, 3.05) is 0 Å². The summed E-state index contributed by atoms with van der Waals surface area (Å²) in [5.74, 6) is 0. The van der Waals surface area contributed by atoms with Gasteiger partial charge in [0.1, 0.15) is 0 Å². The highest BCUT2D eigenvalue weighted by atomic mass is 28.3. The second-order valence-corrected chi connectivity index (χ2v) is 12.1. The molecule has 0 saturated heterocycles. The average Bonchev–Trinajstić information content (AvgIpc) is 2.51. The summed E-state index contributed by atoms with van der Waals surface area (Å²) in [6.45, 7) is 7.39. The van der Waals surface area contributed by atoms with Crippen LogP contribution in [0.25, 0.3) is 0 Å². The fourth-order valence-corrected chi connectivity index (χ4v) is 4.40. The van der Waals surface area contributed by atoms with Gasteiger partial charge < -0.3 is 0 Å². The molecule has 1 heteroatoms. The van der Waals surface area contributed by atoms with Crippen LogP contribution in [0.3, 0.4) is 0 Å². The lowest BCUT2D eigenvalue weighted by Gasteiger charge is -2.21. The fourth-order valence-electron chi connectivity index (χ4n) is 2.76. The first kappa shape index (κ1) is 16.8. The van der Waals surface area contributed by atoms with Crippen LogP contribution in [0.5, 0.6) is 0 Å². The molecule has 2 aromatic rings. The number of aryl methyl sites for hydroxylation is 2. The average molecular weight is 309 g/mol. The van der Waals surface area contributed by atoms with Crippen molar-refractivity contribution in [2.24, 2.45) is 0 Å². The predicted octanol–water partition coefficient (Wildman–Crippen LogP) is 6.06. The quantitative estimate of drug-likeness (QED) is 0.546. The summed E-state index contributed by atoms with van der Waals surface area (Å²) in [5.41, 5.74) is 2.89. The molecule has 0 N–H and O–H groups in total. The van der Waals surface area contributed by atoms with Crippen LogP contribution in [0.15, 0.2) is 71.9 Å². The van der Waals surface area contributed by atoms with Gasteiger partial charge in [0, 0.05) is 0 Å². The molecule has 2 aromatic carbocycles. The zero-order valence-corrected chi connectivity index (χ0v) is 15.2. The zero-order valence-electron chi connectivity index (χ0n) is 14.2. The van der Waals surface area contributed by atoms with Crippen LogP contribution >= 0.6 is 0 Å². The summed E-state index contributed by atoms with van der Waals surface area (Å²) in [7, 11) is -1.22. The third kappa shape index (κ3) is 5.65. The Labute approximate surface area is 136 Å². The van der Waals surface area contributed by atoms with Crippen molar-refractivity contribution in [3.63, 3.8) is 0 Å². The Morgan fingerprint density at radius 2 is 1.27 bits per heavy atom. The first-order chi connectivity index (χ1) is 10.6. The molecule has 0 aliphatic carbocycles. The topological polar surface area (TPSA) is 0 Å². The van der Waals surface area contributed by atoms with E-state index < -0.39 is 8.07 Å². The Bertz CT molecular complexity index is 576. The van der Waals surface area contributed by atoms with Crippen molar-refractivity contribution in [2.45, 2.75) is 45.3 Å². The first-order valence-corrected chi connectivity index (χ1v) is 11.8. The summed E-state index contributed by atoms with van der Waals surface area (Å²) < 4.78 is 0. The molecule has 0 spiro atoms. The molecule has 0 nitrogen and oxygen atoms in total. The van der Waals surface area contributed by atoms with Gasteiger partial charge in [0.2, 0.25) is 0 Å². The van der Waals surface area contributed by atoms with E-state index in [4.69, 9.17) is 0 Å². The second kappa shape index (κ2) is 8.14. The van der Waals surface area contributed by atoms with Crippen LogP contribution in [0.2, 0.25) is 19.6 Å². The lowest BCUT2D eigenvalue weighted by molar-refractivity contribution is 0.940. The summed E-state index contributed by atoms with van der Waals surface area (Å²) in [6, 6.07) is 21.7. The molecule has 0 saturated carbocycles. The molecule has 0 amide bonds. The Kier molecular flexibility index (Phi) is 6.20. The van der Waals surface area contributed by atoms with Crippen molar-refractivity contribution in [1.29, 1.82) is 0 Å². The third-order valence-electron chi connectivity index (χ3n) is 4.16. The van der Waals surface area contributed by atoms with Crippen LogP contribution in [-0.4, -0.2) is 8.07 Å². The Hall–Kier alpha value is -1.60. The van der Waals surface area contributed by atoms with Crippen molar-refractivity contribution in [3.05, 3.63) is 83.1 Å². The van der Waals surface area contributed by atoms with Gasteiger partial charge in [0.15, 0.2) is 0 Å². The number of allylic oxidation sites excluding steroid dienone is 2. The van der Waals surface area contributed by atoms with Gasteiger partial charge in [-0.15, -0.1) is 0 Å². The molecule has 22 heavy (non-hydrogen) atoms. The Morgan fingerprint density at radius 1 is 0.773 bits per heavy atom. The van der Waals surface area contributed by atoms with Gasteiger partial charge in [-0.1, -0.05) is 91.6 Å². The largest absolute Gasteiger partial charge is 0.0888 e. The van der Waals surface area contributed by atoms with Crippen molar-refractivity contribution in [3.8, 4) is 0 Å². The van der Waals surface area contributed by atoms with Crippen molar-refractivity contribution in [1.82, 2.24) is 0 Å². The molecule has 0 atom stereocenters. The first-order valence-electron chi connectivity index (χ1n) is 8.33. The third-order valence-corrected chi connectivity index (χ3v) is 6.54. The molecule has 0 unspecified atom stereocenters. The monoisotopic (exact) mass is 308 g/mol. The lowest BCUT2D eigenvalue weighted by atomic mass is 10.1. The van der Waals surface area contributed by atoms with Crippen LogP contribution < -0.4 is 0 Å². The minimum Gasteiger partial charge on any atom is -0.0888 e. The summed E-state index contributed by atoms with van der Waals surface area (Å²) >= 11 is 0. The molecule has 0 heterocycles. The number of benzene rings is 2. The normalized spacial score (nSPS) is 12.4. The summed E-state index contributed by atoms with van der Waals surface area (Å²) in [5, 5.41) is 1.72. The van der Waals surface area contributed by atoms with Gasteiger partial charge >= 0.3 is 0 Å². The fraction of sp³-hybridized carbons (Fsp3) is 0.333. The van der Waals surface area contributed by atoms with E-state index in [1.54, 1.807) is 5.20 Å².